The van der Waals surface area contributed by atoms with Crippen molar-refractivity contribution in [1.82, 2.24) is 4.98 Å². The molecule has 0 unspecified atom stereocenters. The lowest BCUT2D eigenvalue weighted by Crippen LogP contribution is -2.42. The molecule has 0 fully saturated rings. The molecule has 0 aliphatic carbocycles. The lowest BCUT2D eigenvalue weighted by Gasteiger charge is -2.25. The summed E-state index contributed by atoms with van der Waals surface area (Å²) in [5, 5.41) is 3.35. The number of carbonyl (C=O) groups excluding carboxylic acids is 2. The maximum atomic E-state index is 13.2. The molecule has 0 atom stereocenters. The van der Waals surface area contributed by atoms with Gasteiger partial charge in [-0.2, -0.15) is 0 Å². The number of furan rings is 1. The Hall–Kier alpha value is -2.35. The van der Waals surface area contributed by atoms with E-state index in [4.69, 9.17) is 14.9 Å². The maximum absolute atomic E-state index is 13.2. The van der Waals surface area contributed by atoms with Crippen molar-refractivity contribution in [2.45, 2.75) is 73.0 Å². The first-order valence-electron chi connectivity index (χ1n) is 9.84. The van der Waals surface area contributed by atoms with E-state index in [0.29, 0.717) is 27.3 Å². The predicted octanol–water partition coefficient (Wildman–Crippen LogP) is 5.14. The highest BCUT2D eigenvalue weighted by Crippen LogP contribution is 2.39. The van der Waals surface area contributed by atoms with Crippen molar-refractivity contribution in [3.05, 3.63) is 17.0 Å². The molecule has 2 heterocycles. The maximum Gasteiger partial charge on any atom is 0.331 e. The van der Waals surface area contributed by atoms with E-state index in [1.165, 1.54) is 11.3 Å². The van der Waals surface area contributed by atoms with Crippen molar-refractivity contribution >= 4 is 34.1 Å². The van der Waals surface area contributed by atoms with E-state index in [1.807, 2.05) is 20.8 Å². The zero-order valence-electron chi connectivity index (χ0n) is 18.2. The molecule has 0 amide bonds. The van der Waals surface area contributed by atoms with E-state index in [-0.39, 0.29) is 17.9 Å². The summed E-state index contributed by atoms with van der Waals surface area (Å²) in [5.74, 6) is 0.426. The first-order valence-corrected chi connectivity index (χ1v) is 10.7. The summed E-state index contributed by atoms with van der Waals surface area (Å²) in [6.07, 6.45) is 1.22. The van der Waals surface area contributed by atoms with Gasteiger partial charge in [0.05, 0.1) is 6.10 Å². The van der Waals surface area contributed by atoms with Crippen molar-refractivity contribution in [3.63, 3.8) is 0 Å². The Morgan fingerprint density at radius 3 is 2.41 bits per heavy atom. The van der Waals surface area contributed by atoms with Gasteiger partial charge in [-0.1, -0.05) is 32.1 Å². The van der Waals surface area contributed by atoms with Crippen LogP contribution in [0.1, 0.15) is 71.0 Å². The van der Waals surface area contributed by atoms with Crippen LogP contribution < -0.4 is 11.1 Å². The van der Waals surface area contributed by atoms with Crippen molar-refractivity contribution < 1.29 is 18.7 Å². The zero-order chi connectivity index (χ0) is 22.0. The molecule has 8 heteroatoms. The fourth-order valence-electron chi connectivity index (χ4n) is 2.76. The summed E-state index contributed by atoms with van der Waals surface area (Å²) in [6, 6.07) is 3.41. The molecule has 0 spiro atoms. The van der Waals surface area contributed by atoms with E-state index in [0.717, 1.165) is 12.8 Å². The number of hydrogen-bond acceptors (Lipinski definition) is 8. The van der Waals surface area contributed by atoms with Crippen molar-refractivity contribution in [3.8, 4) is 11.5 Å². The van der Waals surface area contributed by atoms with Gasteiger partial charge in [0.1, 0.15) is 16.1 Å². The molecular weight excluding hydrogens is 390 g/mol. The molecule has 7 nitrogen and oxygen atoms in total. The van der Waals surface area contributed by atoms with Gasteiger partial charge in [0.25, 0.3) is 0 Å². The predicted molar refractivity (Wildman–Crippen MR) is 116 cm³/mol. The van der Waals surface area contributed by atoms with Crippen molar-refractivity contribution in [2.75, 3.05) is 11.1 Å². The number of nitrogens with two attached hydrogens (primary N) is 1. The van der Waals surface area contributed by atoms with Crippen LogP contribution in [-0.4, -0.2) is 28.4 Å². The average Bonchev–Trinajstić information content (AvgIpc) is 3.25. The summed E-state index contributed by atoms with van der Waals surface area (Å²) in [7, 11) is 0. The second kappa shape index (κ2) is 8.57. The smallest absolute Gasteiger partial charge is 0.331 e. The van der Waals surface area contributed by atoms with Gasteiger partial charge in [-0.25, -0.2) is 9.78 Å². The second-order valence-electron chi connectivity index (χ2n) is 8.19. The number of rotatable bonds is 9. The molecule has 0 aliphatic heterocycles. The standard InChI is InChI=1S/C21H31N3O4S/c1-8-21(7,9-2)17(25)16-15(23-19(22)29-16)13-10-11-14(28-13)24-20(5,6)18(26)27-12(3)4/h10-12,24H,8-9H2,1-7H3,(H2,22,23). The lowest BCUT2D eigenvalue weighted by molar-refractivity contribution is -0.151. The molecule has 0 radical (unpaired) electrons. The van der Waals surface area contributed by atoms with Gasteiger partial charge in [-0.3, -0.25) is 4.79 Å². The van der Waals surface area contributed by atoms with Gasteiger partial charge < -0.3 is 20.2 Å². The number of ether oxygens (including phenoxy) is 1. The topological polar surface area (TPSA) is 107 Å². The van der Waals surface area contributed by atoms with Crippen LogP contribution in [0.5, 0.6) is 0 Å². The van der Waals surface area contributed by atoms with Crippen LogP contribution in [0.2, 0.25) is 0 Å². The Kier molecular flexibility index (Phi) is 6.78. The van der Waals surface area contributed by atoms with Crippen LogP contribution in [0.15, 0.2) is 16.5 Å². The summed E-state index contributed by atoms with van der Waals surface area (Å²) in [6.45, 7) is 13.0. The molecule has 0 saturated heterocycles. The fraction of sp³-hybridized carbons (Fsp3) is 0.571. The number of nitrogens with one attached hydrogen (secondary N) is 1. The van der Waals surface area contributed by atoms with Gasteiger partial charge in [0.2, 0.25) is 0 Å². The monoisotopic (exact) mass is 421 g/mol. The minimum absolute atomic E-state index is 0.0125. The van der Waals surface area contributed by atoms with Crippen molar-refractivity contribution in [1.29, 1.82) is 0 Å². The van der Waals surface area contributed by atoms with Gasteiger partial charge in [0, 0.05) is 11.5 Å². The van der Waals surface area contributed by atoms with Crippen LogP contribution in [0.4, 0.5) is 11.0 Å². The Morgan fingerprint density at radius 2 is 1.86 bits per heavy atom. The minimum atomic E-state index is -0.984. The quantitative estimate of drug-likeness (QED) is 0.426. The largest absolute Gasteiger partial charge is 0.461 e. The first kappa shape index (κ1) is 22.9. The lowest BCUT2D eigenvalue weighted by atomic mass is 9.79. The molecule has 0 saturated carbocycles. The molecule has 3 N–H and O–H groups in total. The van der Waals surface area contributed by atoms with Crippen LogP contribution >= 0.6 is 11.3 Å². The van der Waals surface area contributed by atoms with Crippen LogP contribution in [-0.2, 0) is 9.53 Å². The van der Waals surface area contributed by atoms with Crippen LogP contribution in [0.25, 0.3) is 11.5 Å². The number of hydrogen-bond donors (Lipinski definition) is 2. The van der Waals surface area contributed by atoms with Gasteiger partial charge in [0.15, 0.2) is 22.6 Å². The van der Waals surface area contributed by atoms with Gasteiger partial charge in [-0.15, -0.1) is 0 Å². The zero-order valence-corrected chi connectivity index (χ0v) is 19.0. The Labute approximate surface area is 176 Å². The van der Waals surface area contributed by atoms with E-state index in [9.17, 15) is 9.59 Å². The van der Waals surface area contributed by atoms with E-state index in [2.05, 4.69) is 10.3 Å². The molecule has 160 valence electrons. The minimum Gasteiger partial charge on any atom is -0.461 e. The Bertz CT molecular complexity index is 878. The van der Waals surface area contributed by atoms with Gasteiger partial charge in [-0.05, 0) is 46.6 Å². The molecular formula is C21H31N3O4S. The number of aromatic nitrogens is 1. The SMILES string of the molecule is CCC(C)(CC)C(=O)c1sc(N)nc1-c1ccc(NC(C)(C)C(=O)OC(C)C)o1. The first-order chi connectivity index (χ1) is 13.4. The third-order valence-electron chi connectivity index (χ3n) is 5.09. The molecule has 2 aromatic heterocycles. The highest BCUT2D eigenvalue weighted by molar-refractivity contribution is 7.17. The average molecular weight is 422 g/mol. The number of carbonyl (C=O) groups is 2. The van der Waals surface area contributed by atoms with Crippen LogP contribution in [0.3, 0.4) is 0 Å². The Balaban J connectivity index is 2.32. The fourth-order valence-corrected chi connectivity index (χ4v) is 3.68. The van der Waals surface area contributed by atoms with Crippen LogP contribution in [0, 0.1) is 5.41 Å². The Morgan fingerprint density at radius 1 is 1.24 bits per heavy atom. The number of nitrogens with zero attached hydrogens (tertiary/aromatic N) is 1. The highest BCUT2D eigenvalue weighted by atomic mass is 32.1. The van der Waals surface area contributed by atoms with Gasteiger partial charge >= 0.3 is 5.97 Å². The molecule has 0 bridgehead atoms. The number of ketones is 1. The third kappa shape index (κ3) is 4.98. The normalized spacial score (nSPS) is 12.3. The number of thiazole rings is 1. The number of Topliss-reactive ketones (excluding diaryl/α,β-unsaturated/α-hetero) is 1. The molecule has 0 aliphatic rings. The summed E-state index contributed by atoms with van der Waals surface area (Å²) < 4.78 is 11.1. The molecule has 0 aromatic carbocycles. The van der Waals surface area contributed by atoms with E-state index >= 15 is 0 Å². The second-order valence-corrected chi connectivity index (χ2v) is 9.23. The summed E-state index contributed by atoms with van der Waals surface area (Å²) in [4.78, 5) is 30.3. The molecule has 2 aromatic rings. The van der Waals surface area contributed by atoms with Crippen molar-refractivity contribution in [2.24, 2.45) is 5.41 Å². The van der Waals surface area contributed by atoms with E-state index in [1.54, 1.807) is 39.8 Å². The summed E-state index contributed by atoms with van der Waals surface area (Å²) >= 11 is 1.17. The highest BCUT2D eigenvalue weighted by Gasteiger charge is 2.35. The van der Waals surface area contributed by atoms with E-state index < -0.39 is 11.0 Å². The number of nitrogen functional groups attached to an aromatic ring is 1. The number of esters is 1. The molecule has 2 rings (SSSR count). The number of anilines is 2. The third-order valence-corrected chi connectivity index (χ3v) is 5.97. The molecule has 29 heavy (non-hydrogen) atoms. The summed E-state index contributed by atoms with van der Waals surface area (Å²) in [5.41, 5.74) is 4.88.